The van der Waals surface area contributed by atoms with Gasteiger partial charge in [-0.15, -0.1) is 0 Å². The van der Waals surface area contributed by atoms with E-state index in [9.17, 15) is 5.11 Å². The van der Waals surface area contributed by atoms with Crippen LogP contribution < -0.4 is 5.32 Å². The molecule has 2 rings (SSSR count). The van der Waals surface area contributed by atoms with Crippen molar-refractivity contribution in [2.24, 2.45) is 0 Å². The molecule has 0 saturated carbocycles. The van der Waals surface area contributed by atoms with E-state index in [2.05, 4.69) is 10.5 Å². The van der Waals surface area contributed by atoms with Gasteiger partial charge in [-0.25, -0.2) is 0 Å². The van der Waals surface area contributed by atoms with Crippen LogP contribution in [-0.2, 0) is 6.54 Å². The molecule has 0 radical (unpaired) electrons. The summed E-state index contributed by atoms with van der Waals surface area (Å²) in [4.78, 5) is 0. The SMILES string of the molecule is Cc1ccc(O)c(CNc2cc(C)on2)c1. The molecule has 0 unspecified atom stereocenters. The normalized spacial score (nSPS) is 10.4. The molecule has 16 heavy (non-hydrogen) atoms. The zero-order valence-corrected chi connectivity index (χ0v) is 9.32. The predicted octanol–water partition coefficient (Wildman–Crippen LogP) is 2.61. The van der Waals surface area contributed by atoms with Crippen molar-refractivity contribution in [3.05, 3.63) is 41.2 Å². The highest BCUT2D eigenvalue weighted by atomic mass is 16.5. The summed E-state index contributed by atoms with van der Waals surface area (Å²) in [7, 11) is 0. The predicted molar refractivity (Wildman–Crippen MR) is 61.4 cm³/mol. The summed E-state index contributed by atoms with van der Waals surface area (Å²) in [5.41, 5.74) is 1.96. The van der Waals surface area contributed by atoms with E-state index in [1.807, 2.05) is 32.0 Å². The number of aryl methyl sites for hydroxylation is 2. The summed E-state index contributed by atoms with van der Waals surface area (Å²) in [6.07, 6.45) is 0. The Labute approximate surface area is 93.9 Å². The van der Waals surface area contributed by atoms with E-state index in [4.69, 9.17) is 4.52 Å². The first-order valence-corrected chi connectivity index (χ1v) is 5.11. The smallest absolute Gasteiger partial charge is 0.169 e. The standard InChI is InChI=1S/C12H14N2O2/c1-8-3-4-11(15)10(5-8)7-13-12-6-9(2)16-14-12/h3-6,15H,7H2,1-2H3,(H,13,14). The summed E-state index contributed by atoms with van der Waals surface area (Å²) in [6, 6.07) is 7.32. The first-order valence-electron chi connectivity index (χ1n) is 5.11. The Morgan fingerprint density at radius 3 is 2.81 bits per heavy atom. The van der Waals surface area contributed by atoms with Crippen molar-refractivity contribution in [2.75, 3.05) is 5.32 Å². The van der Waals surface area contributed by atoms with Crippen LogP contribution in [0.3, 0.4) is 0 Å². The Hall–Kier alpha value is -1.97. The Morgan fingerprint density at radius 1 is 1.31 bits per heavy atom. The van der Waals surface area contributed by atoms with E-state index in [0.717, 1.165) is 16.9 Å². The van der Waals surface area contributed by atoms with Crippen LogP contribution in [-0.4, -0.2) is 10.3 Å². The number of hydrogen-bond acceptors (Lipinski definition) is 4. The second kappa shape index (κ2) is 4.26. The van der Waals surface area contributed by atoms with E-state index in [-0.39, 0.29) is 0 Å². The molecule has 0 aliphatic rings. The zero-order chi connectivity index (χ0) is 11.5. The van der Waals surface area contributed by atoms with Gasteiger partial charge in [-0.05, 0) is 19.9 Å². The van der Waals surface area contributed by atoms with E-state index >= 15 is 0 Å². The van der Waals surface area contributed by atoms with Gasteiger partial charge in [0.1, 0.15) is 11.5 Å². The van der Waals surface area contributed by atoms with Crippen molar-refractivity contribution in [3.63, 3.8) is 0 Å². The van der Waals surface area contributed by atoms with Gasteiger partial charge in [0, 0.05) is 18.2 Å². The molecular formula is C12H14N2O2. The molecule has 0 atom stereocenters. The van der Waals surface area contributed by atoms with Crippen molar-refractivity contribution >= 4 is 5.82 Å². The second-order valence-electron chi connectivity index (χ2n) is 3.81. The Bertz CT molecular complexity index is 492. The first kappa shape index (κ1) is 10.5. The van der Waals surface area contributed by atoms with Crippen molar-refractivity contribution in [2.45, 2.75) is 20.4 Å². The van der Waals surface area contributed by atoms with Gasteiger partial charge in [0.05, 0.1) is 0 Å². The van der Waals surface area contributed by atoms with E-state index in [0.29, 0.717) is 18.1 Å². The molecule has 0 fully saturated rings. The maximum absolute atomic E-state index is 9.63. The van der Waals surface area contributed by atoms with E-state index in [1.54, 1.807) is 6.07 Å². The van der Waals surface area contributed by atoms with Crippen LogP contribution in [0, 0.1) is 13.8 Å². The minimum Gasteiger partial charge on any atom is -0.508 e. The minimum atomic E-state index is 0.290. The quantitative estimate of drug-likeness (QED) is 0.831. The number of phenolic OH excluding ortho intramolecular Hbond substituents is 1. The molecular weight excluding hydrogens is 204 g/mol. The van der Waals surface area contributed by atoms with Crippen molar-refractivity contribution in [1.29, 1.82) is 0 Å². The second-order valence-corrected chi connectivity index (χ2v) is 3.81. The molecule has 0 aliphatic carbocycles. The third-order valence-corrected chi connectivity index (χ3v) is 2.32. The third kappa shape index (κ3) is 2.34. The summed E-state index contributed by atoms with van der Waals surface area (Å²) >= 11 is 0. The molecule has 2 N–H and O–H groups in total. The zero-order valence-electron chi connectivity index (χ0n) is 9.32. The summed E-state index contributed by atoms with van der Waals surface area (Å²) < 4.78 is 4.93. The van der Waals surface area contributed by atoms with Crippen molar-refractivity contribution in [1.82, 2.24) is 5.16 Å². The molecule has 0 amide bonds. The average molecular weight is 218 g/mol. The van der Waals surface area contributed by atoms with Crippen LogP contribution in [0.25, 0.3) is 0 Å². The molecule has 84 valence electrons. The fourth-order valence-corrected chi connectivity index (χ4v) is 1.49. The number of hydrogen-bond donors (Lipinski definition) is 2. The highest BCUT2D eigenvalue weighted by Crippen LogP contribution is 2.19. The Morgan fingerprint density at radius 2 is 2.12 bits per heavy atom. The fraction of sp³-hybridized carbons (Fsp3) is 0.250. The molecule has 0 aliphatic heterocycles. The molecule has 0 bridgehead atoms. The highest BCUT2D eigenvalue weighted by molar-refractivity contribution is 5.40. The van der Waals surface area contributed by atoms with Crippen LogP contribution in [0.5, 0.6) is 5.75 Å². The summed E-state index contributed by atoms with van der Waals surface area (Å²) in [6.45, 7) is 4.35. The lowest BCUT2D eigenvalue weighted by atomic mass is 10.1. The van der Waals surface area contributed by atoms with Crippen LogP contribution in [0.15, 0.2) is 28.8 Å². The molecule has 0 saturated heterocycles. The summed E-state index contributed by atoms with van der Waals surface area (Å²) in [5, 5.41) is 16.5. The monoisotopic (exact) mass is 218 g/mol. The van der Waals surface area contributed by atoms with E-state index in [1.165, 1.54) is 0 Å². The third-order valence-electron chi connectivity index (χ3n) is 2.32. The van der Waals surface area contributed by atoms with Gasteiger partial charge < -0.3 is 14.9 Å². The number of phenols is 1. The molecule has 1 aromatic carbocycles. The largest absolute Gasteiger partial charge is 0.508 e. The van der Waals surface area contributed by atoms with Gasteiger partial charge in [-0.2, -0.15) is 0 Å². The first-order chi connectivity index (χ1) is 7.65. The van der Waals surface area contributed by atoms with E-state index < -0.39 is 0 Å². The van der Waals surface area contributed by atoms with Crippen LogP contribution in [0.1, 0.15) is 16.9 Å². The maximum Gasteiger partial charge on any atom is 0.169 e. The minimum absolute atomic E-state index is 0.290. The number of rotatable bonds is 3. The molecule has 1 heterocycles. The summed E-state index contributed by atoms with van der Waals surface area (Å²) in [5.74, 6) is 1.73. The fourth-order valence-electron chi connectivity index (χ4n) is 1.49. The lowest BCUT2D eigenvalue weighted by Crippen LogP contribution is -2.00. The van der Waals surface area contributed by atoms with Gasteiger partial charge in [-0.3, -0.25) is 0 Å². The average Bonchev–Trinajstić information content (AvgIpc) is 2.66. The Balaban J connectivity index is 2.07. The van der Waals surface area contributed by atoms with Crippen LogP contribution in [0.2, 0.25) is 0 Å². The van der Waals surface area contributed by atoms with Crippen LogP contribution >= 0.6 is 0 Å². The van der Waals surface area contributed by atoms with Crippen molar-refractivity contribution < 1.29 is 9.63 Å². The van der Waals surface area contributed by atoms with Gasteiger partial charge in [0.15, 0.2) is 5.82 Å². The van der Waals surface area contributed by atoms with Gasteiger partial charge in [0.2, 0.25) is 0 Å². The topological polar surface area (TPSA) is 58.3 Å². The van der Waals surface area contributed by atoms with Gasteiger partial charge in [-0.1, -0.05) is 22.9 Å². The number of nitrogens with zero attached hydrogens (tertiary/aromatic N) is 1. The Kier molecular flexibility index (Phi) is 2.81. The van der Waals surface area contributed by atoms with Gasteiger partial charge in [0.25, 0.3) is 0 Å². The molecule has 2 aromatic rings. The molecule has 1 aromatic heterocycles. The molecule has 0 spiro atoms. The molecule has 4 heteroatoms. The lowest BCUT2D eigenvalue weighted by Gasteiger charge is -2.06. The van der Waals surface area contributed by atoms with Crippen LogP contribution in [0.4, 0.5) is 5.82 Å². The highest BCUT2D eigenvalue weighted by Gasteiger charge is 2.03. The molecule has 4 nitrogen and oxygen atoms in total. The lowest BCUT2D eigenvalue weighted by molar-refractivity contribution is 0.399. The number of benzene rings is 1. The number of nitrogens with one attached hydrogen (secondary N) is 1. The van der Waals surface area contributed by atoms with Crippen molar-refractivity contribution in [3.8, 4) is 5.75 Å². The number of anilines is 1. The number of aromatic nitrogens is 1. The maximum atomic E-state index is 9.63. The van der Waals surface area contributed by atoms with Gasteiger partial charge >= 0.3 is 0 Å². The number of aromatic hydroxyl groups is 1.